The van der Waals surface area contributed by atoms with Crippen molar-refractivity contribution in [3.8, 4) is 0 Å². The van der Waals surface area contributed by atoms with Gasteiger partial charge in [-0.3, -0.25) is 0 Å². The number of hydrogen-bond donors (Lipinski definition) is 0. The highest BCUT2D eigenvalue weighted by Crippen LogP contribution is 2.25. The van der Waals surface area contributed by atoms with Crippen molar-refractivity contribution in [3.05, 3.63) is 0 Å². The molecule has 0 amide bonds. The van der Waals surface area contributed by atoms with E-state index in [1.54, 1.807) is 0 Å². The third-order valence-corrected chi connectivity index (χ3v) is 4.28. The summed E-state index contributed by atoms with van der Waals surface area (Å²) >= 11 is 3.48. The first kappa shape index (κ1) is 17.5. The summed E-state index contributed by atoms with van der Waals surface area (Å²) in [7, 11) is 0. The van der Waals surface area contributed by atoms with E-state index >= 15 is 0 Å². The summed E-state index contributed by atoms with van der Waals surface area (Å²) in [6, 6.07) is 0. The average Bonchev–Trinajstić information content (AvgIpc) is 3.13. The molecule has 1 fully saturated rings. The Morgan fingerprint density at radius 2 is 1.37 bits per heavy atom. The second-order valence-electron chi connectivity index (χ2n) is 6.02. The summed E-state index contributed by atoms with van der Waals surface area (Å²) in [5.41, 5.74) is 0.0643. The molecule has 0 aromatic carbocycles. The maximum Gasteiger partial charge on any atom is 0.112 e. The van der Waals surface area contributed by atoms with E-state index in [4.69, 9.17) is 9.47 Å². The molecule has 0 saturated carbocycles. The van der Waals surface area contributed by atoms with Gasteiger partial charge in [0.1, 0.15) is 5.60 Å². The van der Waals surface area contributed by atoms with Gasteiger partial charge in [-0.1, -0.05) is 67.3 Å². The average molecular weight is 335 g/mol. The Hall–Kier alpha value is 0.400. The first-order valence-corrected chi connectivity index (χ1v) is 9.17. The molecule has 1 heterocycles. The highest BCUT2D eigenvalue weighted by atomic mass is 79.9. The lowest BCUT2D eigenvalue weighted by molar-refractivity contribution is 0.0825. The van der Waals surface area contributed by atoms with Gasteiger partial charge in [0.15, 0.2) is 0 Å². The van der Waals surface area contributed by atoms with Crippen LogP contribution in [0.5, 0.6) is 0 Å². The molecule has 1 aliphatic rings. The van der Waals surface area contributed by atoms with Crippen molar-refractivity contribution in [2.75, 3.05) is 25.2 Å². The van der Waals surface area contributed by atoms with Gasteiger partial charge in [-0.2, -0.15) is 0 Å². The fourth-order valence-corrected chi connectivity index (χ4v) is 2.60. The van der Waals surface area contributed by atoms with E-state index < -0.39 is 0 Å². The molecule has 0 N–H and O–H groups in total. The van der Waals surface area contributed by atoms with Crippen molar-refractivity contribution in [1.82, 2.24) is 0 Å². The molecule has 1 atom stereocenters. The first-order valence-electron chi connectivity index (χ1n) is 8.04. The molecule has 0 aromatic heterocycles. The minimum absolute atomic E-state index is 0.0643. The summed E-state index contributed by atoms with van der Waals surface area (Å²) < 4.78 is 10.9. The molecule has 114 valence electrons. The third kappa shape index (κ3) is 10.8. The molecule has 1 aliphatic heterocycles. The Morgan fingerprint density at radius 3 is 1.84 bits per heavy atom. The van der Waals surface area contributed by atoms with Crippen LogP contribution in [0.15, 0.2) is 0 Å². The Balaban J connectivity index is 1.65. The molecular formula is C16H31BrO2. The fraction of sp³-hybridized carbons (Fsp3) is 1.00. The van der Waals surface area contributed by atoms with Crippen LogP contribution in [-0.2, 0) is 9.47 Å². The molecule has 0 aliphatic carbocycles. The number of unbranched alkanes of at least 4 members (excludes halogenated alkanes) is 9. The lowest BCUT2D eigenvalue weighted by Crippen LogP contribution is -2.14. The molecular weight excluding hydrogens is 304 g/mol. The summed E-state index contributed by atoms with van der Waals surface area (Å²) in [6.45, 7) is 4.68. The zero-order valence-corrected chi connectivity index (χ0v) is 14.2. The van der Waals surface area contributed by atoms with Crippen LogP contribution in [0.2, 0.25) is 0 Å². The van der Waals surface area contributed by atoms with Crippen LogP contribution in [-0.4, -0.2) is 30.8 Å². The number of epoxide rings is 1. The summed E-state index contributed by atoms with van der Waals surface area (Å²) in [5, 5.41) is 1.17. The van der Waals surface area contributed by atoms with Gasteiger partial charge in [0.25, 0.3) is 0 Å². The van der Waals surface area contributed by atoms with Gasteiger partial charge in [-0.25, -0.2) is 0 Å². The van der Waals surface area contributed by atoms with Gasteiger partial charge >= 0.3 is 0 Å². The van der Waals surface area contributed by atoms with Gasteiger partial charge in [0, 0.05) is 11.9 Å². The van der Waals surface area contributed by atoms with Gasteiger partial charge in [-0.15, -0.1) is 0 Å². The van der Waals surface area contributed by atoms with Crippen molar-refractivity contribution >= 4 is 15.9 Å². The lowest BCUT2D eigenvalue weighted by atomic mass is 10.1. The molecule has 1 rings (SSSR count). The largest absolute Gasteiger partial charge is 0.378 e. The SMILES string of the molecule is CC1(COCCCCCCCCCCCCBr)CO1. The predicted molar refractivity (Wildman–Crippen MR) is 85.1 cm³/mol. The van der Waals surface area contributed by atoms with Crippen LogP contribution < -0.4 is 0 Å². The normalized spacial score (nSPS) is 21.8. The van der Waals surface area contributed by atoms with Gasteiger partial charge in [-0.05, 0) is 19.8 Å². The van der Waals surface area contributed by atoms with E-state index in [9.17, 15) is 0 Å². The summed E-state index contributed by atoms with van der Waals surface area (Å²) in [4.78, 5) is 0. The van der Waals surface area contributed by atoms with Crippen molar-refractivity contribution in [3.63, 3.8) is 0 Å². The van der Waals surface area contributed by atoms with Gasteiger partial charge in [0.2, 0.25) is 0 Å². The Kier molecular flexibility index (Phi) is 10.2. The third-order valence-electron chi connectivity index (χ3n) is 3.72. The minimum Gasteiger partial charge on any atom is -0.378 e. The van der Waals surface area contributed by atoms with E-state index in [0.717, 1.165) is 19.8 Å². The number of halogens is 1. The molecule has 1 unspecified atom stereocenters. The summed E-state index contributed by atoms with van der Waals surface area (Å²) in [6.07, 6.45) is 13.7. The number of alkyl halides is 1. The van der Waals surface area contributed by atoms with Crippen molar-refractivity contribution < 1.29 is 9.47 Å². The number of hydrogen-bond acceptors (Lipinski definition) is 2. The predicted octanol–water partition coefficient (Wildman–Crippen LogP) is 5.09. The van der Waals surface area contributed by atoms with Crippen LogP contribution in [0.25, 0.3) is 0 Å². The first-order chi connectivity index (χ1) is 9.27. The van der Waals surface area contributed by atoms with E-state index in [1.807, 2.05) is 0 Å². The molecule has 19 heavy (non-hydrogen) atoms. The van der Waals surface area contributed by atoms with E-state index in [-0.39, 0.29) is 5.60 Å². The fourth-order valence-electron chi connectivity index (χ4n) is 2.21. The zero-order valence-electron chi connectivity index (χ0n) is 12.6. The standard InChI is InChI=1S/C16H31BrO2/c1-16(15-19-16)14-18-13-11-9-7-5-3-2-4-6-8-10-12-17/h2-15H2,1H3. The quantitative estimate of drug-likeness (QED) is 0.251. The van der Waals surface area contributed by atoms with Crippen LogP contribution in [0.4, 0.5) is 0 Å². The lowest BCUT2D eigenvalue weighted by Gasteiger charge is -2.06. The monoisotopic (exact) mass is 334 g/mol. The summed E-state index contributed by atoms with van der Waals surface area (Å²) in [5.74, 6) is 0. The Morgan fingerprint density at radius 1 is 0.895 bits per heavy atom. The number of ether oxygens (including phenoxy) is 2. The highest BCUT2D eigenvalue weighted by Gasteiger charge is 2.39. The highest BCUT2D eigenvalue weighted by molar-refractivity contribution is 9.09. The molecule has 3 heteroatoms. The maximum atomic E-state index is 5.61. The van der Waals surface area contributed by atoms with Crippen molar-refractivity contribution in [1.29, 1.82) is 0 Å². The smallest absolute Gasteiger partial charge is 0.112 e. The molecule has 2 nitrogen and oxygen atoms in total. The molecule has 0 spiro atoms. The van der Waals surface area contributed by atoms with Crippen molar-refractivity contribution in [2.24, 2.45) is 0 Å². The van der Waals surface area contributed by atoms with Crippen LogP contribution in [0.1, 0.15) is 71.1 Å². The minimum atomic E-state index is 0.0643. The Labute approximate surface area is 127 Å². The van der Waals surface area contributed by atoms with E-state index in [1.165, 1.54) is 69.5 Å². The van der Waals surface area contributed by atoms with Gasteiger partial charge < -0.3 is 9.47 Å². The topological polar surface area (TPSA) is 21.8 Å². The van der Waals surface area contributed by atoms with Crippen LogP contribution in [0.3, 0.4) is 0 Å². The van der Waals surface area contributed by atoms with Crippen LogP contribution >= 0.6 is 15.9 Å². The van der Waals surface area contributed by atoms with Crippen LogP contribution in [0, 0.1) is 0 Å². The molecule has 1 saturated heterocycles. The second kappa shape index (κ2) is 11.1. The molecule has 0 bridgehead atoms. The Bertz CT molecular complexity index is 205. The maximum absolute atomic E-state index is 5.61. The number of rotatable bonds is 14. The van der Waals surface area contributed by atoms with E-state index in [2.05, 4.69) is 22.9 Å². The van der Waals surface area contributed by atoms with E-state index in [0.29, 0.717) is 0 Å². The second-order valence-corrected chi connectivity index (χ2v) is 6.81. The zero-order chi connectivity index (χ0) is 13.8. The molecule has 0 aromatic rings. The van der Waals surface area contributed by atoms with Gasteiger partial charge in [0.05, 0.1) is 13.2 Å². The van der Waals surface area contributed by atoms with Crippen molar-refractivity contribution in [2.45, 2.75) is 76.7 Å². The molecule has 0 radical (unpaired) electrons.